The van der Waals surface area contributed by atoms with Gasteiger partial charge in [-0.05, 0) is 31.0 Å². The smallest absolute Gasteiger partial charge is 0.253 e. The van der Waals surface area contributed by atoms with Crippen LogP contribution < -0.4 is 4.74 Å². The highest BCUT2D eigenvalue weighted by atomic mass is 16.5. The second-order valence-corrected chi connectivity index (χ2v) is 6.58. The molecule has 4 heteroatoms. The van der Waals surface area contributed by atoms with Crippen molar-refractivity contribution in [3.05, 3.63) is 29.3 Å². The number of nitriles is 1. The second-order valence-electron chi connectivity index (χ2n) is 6.58. The van der Waals surface area contributed by atoms with E-state index in [1.165, 1.54) is 0 Å². The SMILES string of the molecule is CC1(C)COc2ccc(C(=O)N3CCC(C#N)CC3)cc21. The van der Waals surface area contributed by atoms with E-state index in [1.807, 2.05) is 23.1 Å². The number of piperidine rings is 1. The maximum absolute atomic E-state index is 12.6. The number of benzene rings is 1. The van der Waals surface area contributed by atoms with Gasteiger partial charge >= 0.3 is 0 Å². The summed E-state index contributed by atoms with van der Waals surface area (Å²) in [4.78, 5) is 14.5. The predicted octanol–water partition coefficient (Wildman–Crippen LogP) is 2.73. The van der Waals surface area contributed by atoms with Crippen LogP contribution in [0.4, 0.5) is 0 Å². The highest BCUT2D eigenvalue weighted by Gasteiger charge is 2.33. The number of likely N-dealkylation sites (tertiary alicyclic amines) is 1. The first-order chi connectivity index (χ1) is 10.0. The normalized spacial score (nSPS) is 20.5. The minimum Gasteiger partial charge on any atom is -0.492 e. The van der Waals surface area contributed by atoms with Crippen molar-refractivity contribution < 1.29 is 9.53 Å². The maximum Gasteiger partial charge on any atom is 0.253 e. The highest BCUT2D eigenvalue weighted by Crippen LogP contribution is 2.38. The molecule has 1 fully saturated rings. The molecule has 21 heavy (non-hydrogen) atoms. The van der Waals surface area contributed by atoms with E-state index in [0.717, 1.165) is 29.7 Å². The zero-order valence-electron chi connectivity index (χ0n) is 12.6. The number of amides is 1. The molecule has 0 saturated carbocycles. The van der Waals surface area contributed by atoms with E-state index in [4.69, 9.17) is 10.00 Å². The molecule has 4 nitrogen and oxygen atoms in total. The van der Waals surface area contributed by atoms with Gasteiger partial charge in [-0.3, -0.25) is 4.79 Å². The van der Waals surface area contributed by atoms with Crippen LogP contribution in [0.15, 0.2) is 18.2 Å². The number of hydrogen-bond acceptors (Lipinski definition) is 3. The van der Waals surface area contributed by atoms with Crippen LogP contribution in [0.5, 0.6) is 5.75 Å². The van der Waals surface area contributed by atoms with Crippen molar-refractivity contribution in [3.8, 4) is 11.8 Å². The molecule has 0 unspecified atom stereocenters. The summed E-state index contributed by atoms with van der Waals surface area (Å²) >= 11 is 0. The van der Waals surface area contributed by atoms with Gasteiger partial charge in [-0.15, -0.1) is 0 Å². The van der Waals surface area contributed by atoms with Crippen molar-refractivity contribution in [2.24, 2.45) is 5.92 Å². The molecule has 0 N–H and O–H groups in total. The third-order valence-corrected chi connectivity index (χ3v) is 4.51. The lowest BCUT2D eigenvalue weighted by Gasteiger charge is -2.29. The lowest BCUT2D eigenvalue weighted by Crippen LogP contribution is -2.38. The van der Waals surface area contributed by atoms with Gasteiger partial charge in [-0.25, -0.2) is 0 Å². The highest BCUT2D eigenvalue weighted by molar-refractivity contribution is 5.94. The van der Waals surface area contributed by atoms with E-state index < -0.39 is 0 Å². The fourth-order valence-electron chi connectivity index (χ4n) is 3.05. The average Bonchev–Trinajstić information content (AvgIpc) is 2.82. The molecule has 1 saturated heterocycles. The molecule has 3 rings (SSSR count). The lowest BCUT2D eigenvalue weighted by atomic mass is 9.86. The van der Waals surface area contributed by atoms with Crippen LogP contribution in [-0.4, -0.2) is 30.5 Å². The van der Waals surface area contributed by atoms with Gasteiger partial charge in [0.1, 0.15) is 5.75 Å². The first-order valence-corrected chi connectivity index (χ1v) is 7.47. The zero-order chi connectivity index (χ0) is 15.0. The van der Waals surface area contributed by atoms with Crippen LogP contribution in [0.2, 0.25) is 0 Å². The van der Waals surface area contributed by atoms with Gasteiger partial charge in [0.2, 0.25) is 0 Å². The summed E-state index contributed by atoms with van der Waals surface area (Å²) in [5.74, 6) is 1.05. The molecule has 1 aromatic rings. The molecule has 0 radical (unpaired) electrons. The molecular weight excluding hydrogens is 264 g/mol. The molecule has 1 aromatic carbocycles. The van der Waals surface area contributed by atoms with Gasteiger partial charge in [0.05, 0.1) is 12.7 Å². The van der Waals surface area contributed by atoms with Crippen molar-refractivity contribution >= 4 is 5.91 Å². The van der Waals surface area contributed by atoms with Gasteiger partial charge in [0, 0.05) is 35.5 Å². The molecule has 0 atom stereocenters. The number of fused-ring (bicyclic) bond motifs is 1. The zero-order valence-corrected chi connectivity index (χ0v) is 12.6. The first-order valence-electron chi connectivity index (χ1n) is 7.47. The standard InChI is InChI=1S/C17H20N2O2/c1-17(2)11-21-15-4-3-13(9-14(15)17)16(20)19-7-5-12(10-18)6-8-19/h3-4,9,12H,5-8,11H2,1-2H3. The lowest BCUT2D eigenvalue weighted by molar-refractivity contribution is 0.0707. The Balaban J connectivity index is 1.79. The summed E-state index contributed by atoms with van der Waals surface area (Å²) in [5.41, 5.74) is 1.79. The van der Waals surface area contributed by atoms with E-state index in [2.05, 4.69) is 19.9 Å². The number of rotatable bonds is 1. The Bertz CT molecular complexity index is 608. The number of carbonyl (C=O) groups excluding carboxylic acids is 1. The number of carbonyl (C=O) groups is 1. The van der Waals surface area contributed by atoms with Crippen LogP contribution in [0.3, 0.4) is 0 Å². The number of hydrogen-bond donors (Lipinski definition) is 0. The summed E-state index contributed by atoms with van der Waals surface area (Å²) in [7, 11) is 0. The van der Waals surface area contributed by atoms with E-state index in [9.17, 15) is 4.79 Å². The van der Waals surface area contributed by atoms with Crippen LogP contribution in [0.1, 0.15) is 42.6 Å². The summed E-state index contributed by atoms with van der Waals surface area (Å²) < 4.78 is 5.66. The van der Waals surface area contributed by atoms with Gasteiger partial charge < -0.3 is 9.64 Å². The van der Waals surface area contributed by atoms with Crippen LogP contribution >= 0.6 is 0 Å². The number of nitrogens with zero attached hydrogens (tertiary/aromatic N) is 2. The Kier molecular flexibility index (Phi) is 3.36. The van der Waals surface area contributed by atoms with Crippen LogP contribution in [0.25, 0.3) is 0 Å². The minimum atomic E-state index is -0.0422. The fraction of sp³-hybridized carbons (Fsp3) is 0.529. The molecule has 110 valence electrons. The molecule has 0 aromatic heterocycles. The van der Waals surface area contributed by atoms with Crippen molar-refractivity contribution in [2.45, 2.75) is 32.1 Å². The van der Waals surface area contributed by atoms with Crippen molar-refractivity contribution in [3.63, 3.8) is 0 Å². The van der Waals surface area contributed by atoms with Gasteiger partial charge in [0.15, 0.2) is 0 Å². The Morgan fingerprint density at radius 2 is 2.10 bits per heavy atom. The molecule has 0 aliphatic carbocycles. The summed E-state index contributed by atoms with van der Waals surface area (Å²) in [6.45, 7) is 6.27. The summed E-state index contributed by atoms with van der Waals surface area (Å²) in [5, 5.41) is 8.93. The topological polar surface area (TPSA) is 53.3 Å². The fourth-order valence-corrected chi connectivity index (χ4v) is 3.05. The van der Waals surface area contributed by atoms with Gasteiger partial charge in [0.25, 0.3) is 5.91 Å². The third kappa shape index (κ3) is 2.49. The van der Waals surface area contributed by atoms with E-state index in [0.29, 0.717) is 19.7 Å². The van der Waals surface area contributed by atoms with Gasteiger partial charge in [-0.1, -0.05) is 13.8 Å². The Labute approximate surface area is 125 Å². The molecular formula is C17H20N2O2. The van der Waals surface area contributed by atoms with E-state index in [1.54, 1.807) is 0 Å². The quantitative estimate of drug-likeness (QED) is 0.796. The van der Waals surface area contributed by atoms with Gasteiger partial charge in [-0.2, -0.15) is 5.26 Å². The Morgan fingerprint density at radius 3 is 2.76 bits per heavy atom. The number of ether oxygens (including phenoxy) is 1. The second kappa shape index (κ2) is 5.07. The molecule has 1 amide bonds. The summed E-state index contributed by atoms with van der Waals surface area (Å²) in [6.07, 6.45) is 1.56. The minimum absolute atomic E-state index is 0.0422. The summed E-state index contributed by atoms with van der Waals surface area (Å²) in [6, 6.07) is 8.01. The molecule has 0 bridgehead atoms. The van der Waals surface area contributed by atoms with Crippen molar-refractivity contribution in [2.75, 3.05) is 19.7 Å². The molecule has 2 aliphatic heterocycles. The molecule has 2 aliphatic rings. The maximum atomic E-state index is 12.6. The monoisotopic (exact) mass is 284 g/mol. The predicted molar refractivity (Wildman–Crippen MR) is 79.2 cm³/mol. The third-order valence-electron chi connectivity index (χ3n) is 4.51. The molecule has 0 spiro atoms. The van der Waals surface area contributed by atoms with Crippen molar-refractivity contribution in [1.29, 1.82) is 5.26 Å². The first kappa shape index (κ1) is 13.9. The largest absolute Gasteiger partial charge is 0.492 e. The van der Waals surface area contributed by atoms with E-state index in [-0.39, 0.29) is 17.2 Å². The van der Waals surface area contributed by atoms with Crippen LogP contribution in [-0.2, 0) is 5.41 Å². The van der Waals surface area contributed by atoms with Crippen molar-refractivity contribution in [1.82, 2.24) is 4.90 Å². The average molecular weight is 284 g/mol. The van der Waals surface area contributed by atoms with Crippen LogP contribution in [0, 0.1) is 17.2 Å². The van der Waals surface area contributed by atoms with E-state index >= 15 is 0 Å². The molecule has 2 heterocycles. The Morgan fingerprint density at radius 1 is 1.38 bits per heavy atom. The Hall–Kier alpha value is -2.02.